The van der Waals surface area contributed by atoms with Gasteiger partial charge in [-0.25, -0.2) is 0 Å². The van der Waals surface area contributed by atoms with Crippen molar-refractivity contribution in [2.24, 2.45) is 0 Å². The fourth-order valence-electron chi connectivity index (χ4n) is 4.12. The molecule has 0 unspecified atom stereocenters. The molecule has 28 heavy (non-hydrogen) atoms. The number of carbonyl (C=O) groups is 1. The SMILES string of the molecule is CCC1=C(OC)C(CC)(CC)c2oc(-c3ccc(OC)cc3)cc(=O)c2C1=O. The molecule has 148 valence electrons. The molecule has 1 aliphatic carbocycles. The molecule has 0 N–H and O–H groups in total. The fourth-order valence-corrected chi connectivity index (χ4v) is 4.12. The Balaban J connectivity index is 2.31. The van der Waals surface area contributed by atoms with Crippen LogP contribution < -0.4 is 10.2 Å². The minimum absolute atomic E-state index is 0.138. The quantitative estimate of drug-likeness (QED) is 0.712. The Bertz CT molecular complexity index is 975. The molecule has 5 heteroatoms. The van der Waals surface area contributed by atoms with Crippen LogP contribution in [0.25, 0.3) is 11.3 Å². The molecule has 0 atom stereocenters. The summed E-state index contributed by atoms with van der Waals surface area (Å²) in [6.45, 7) is 5.95. The number of carbonyl (C=O) groups excluding carboxylic acids is 1. The maximum atomic E-state index is 13.1. The van der Waals surface area contributed by atoms with Crippen LogP contribution >= 0.6 is 0 Å². The Hall–Kier alpha value is -2.82. The van der Waals surface area contributed by atoms with E-state index in [0.717, 1.165) is 5.56 Å². The molecule has 0 aliphatic heterocycles. The van der Waals surface area contributed by atoms with Gasteiger partial charge in [-0.3, -0.25) is 9.59 Å². The van der Waals surface area contributed by atoms with Crippen molar-refractivity contribution >= 4 is 5.78 Å². The number of ether oxygens (including phenoxy) is 2. The molecule has 3 rings (SSSR count). The smallest absolute Gasteiger partial charge is 0.199 e. The number of hydrogen-bond acceptors (Lipinski definition) is 5. The molecular weight excluding hydrogens is 356 g/mol. The van der Waals surface area contributed by atoms with E-state index in [9.17, 15) is 9.59 Å². The van der Waals surface area contributed by atoms with E-state index in [1.165, 1.54) is 6.07 Å². The number of fused-ring (bicyclic) bond motifs is 1. The van der Waals surface area contributed by atoms with Gasteiger partial charge in [0.05, 0.1) is 19.6 Å². The molecule has 2 aromatic rings. The molecule has 0 bridgehead atoms. The highest BCUT2D eigenvalue weighted by Crippen LogP contribution is 2.47. The second-order valence-electron chi connectivity index (χ2n) is 6.89. The van der Waals surface area contributed by atoms with Gasteiger partial charge in [-0.1, -0.05) is 20.8 Å². The van der Waals surface area contributed by atoms with E-state index in [-0.39, 0.29) is 16.8 Å². The highest BCUT2D eigenvalue weighted by molar-refractivity contribution is 6.11. The summed E-state index contributed by atoms with van der Waals surface area (Å²) >= 11 is 0. The maximum absolute atomic E-state index is 13.1. The van der Waals surface area contributed by atoms with Crippen LogP contribution in [-0.4, -0.2) is 20.0 Å². The first-order valence-electron chi connectivity index (χ1n) is 9.62. The van der Waals surface area contributed by atoms with Crippen LogP contribution in [0.1, 0.15) is 56.2 Å². The summed E-state index contributed by atoms with van der Waals surface area (Å²) in [6.07, 6.45) is 1.82. The third-order valence-electron chi connectivity index (χ3n) is 5.73. The van der Waals surface area contributed by atoms with E-state index < -0.39 is 5.41 Å². The molecule has 0 radical (unpaired) electrons. The van der Waals surface area contributed by atoms with Gasteiger partial charge in [0.15, 0.2) is 11.2 Å². The number of Topliss-reactive ketones (excluding diaryl/α,β-unsaturated/α-hetero) is 1. The highest BCUT2D eigenvalue weighted by atomic mass is 16.5. The predicted octanol–water partition coefficient (Wildman–Crippen LogP) is 4.88. The third-order valence-corrected chi connectivity index (χ3v) is 5.73. The van der Waals surface area contributed by atoms with Gasteiger partial charge in [0, 0.05) is 17.2 Å². The number of rotatable bonds is 6. The lowest BCUT2D eigenvalue weighted by Gasteiger charge is -2.37. The maximum Gasteiger partial charge on any atom is 0.199 e. The molecule has 1 aliphatic rings. The Kier molecular flexibility index (Phi) is 5.45. The molecule has 0 fully saturated rings. The Morgan fingerprint density at radius 1 is 0.964 bits per heavy atom. The lowest BCUT2D eigenvalue weighted by atomic mass is 9.69. The molecular formula is C23H26O5. The third kappa shape index (κ3) is 2.86. The topological polar surface area (TPSA) is 65.7 Å². The Morgan fingerprint density at radius 2 is 1.61 bits per heavy atom. The number of methoxy groups -OCH3 is 2. The van der Waals surface area contributed by atoms with Crippen LogP contribution in [0.5, 0.6) is 5.75 Å². The van der Waals surface area contributed by atoms with Crippen LogP contribution in [0, 0.1) is 0 Å². The minimum Gasteiger partial charge on any atom is -0.500 e. The van der Waals surface area contributed by atoms with Gasteiger partial charge in [0.25, 0.3) is 0 Å². The largest absolute Gasteiger partial charge is 0.500 e. The lowest BCUT2D eigenvalue weighted by Crippen LogP contribution is -2.39. The first-order chi connectivity index (χ1) is 13.5. The van der Waals surface area contributed by atoms with Crippen molar-refractivity contribution in [3.8, 4) is 17.1 Å². The van der Waals surface area contributed by atoms with Crippen molar-refractivity contribution < 1.29 is 18.7 Å². The summed E-state index contributed by atoms with van der Waals surface area (Å²) in [6, 6.07) is 8.68. The molecule has 1 aromatic carbocycles. The summed E-state index contributed by atoms with van der Waals surface area (Å²) in [5.74, 6) is 1.89. The van der Waals surface area contributed by atoms with Gasteiger partial charge in [-0.2, -0.15) is 0 Å². The molecule has 0 amide bonds. The van der Waals surface area contributed by atoms with Crippen molar-refractivity contribution in [1.82, 2.24) is 0 Å². The van der Waals surface area contributed by atoms with E-state index in [2.05, 4.69) is 0 Å². The zero-order chi connectivity index (χ0) is 20.5. The van der Waals surface area contributed by atoms with Crippen molar-refractivity contribution in [3.63, 3.8) is 0 Å². The molecule has 1 aromatic heterocycles. The molecule has 0 spiro atoms. The number of allylic oxidation sites excluding steroid dienone is 2. The standard InChI is InChI=1S/C23H26O5/c1-6-16-20(25)19-17(24)13-18(14-9-11-15(26-4)12-10-14)28-22(19)23(7-2,8-3)21(16)27-5/h9-13H,6-8H2,1-5H3. The normalized spacial score (nSPS) is 15.4. The van der Waals surface area contributed by atoms with Crippen LogP contribution in [0.3, 0.4) is 0 Å². The lowest BCUT2D eigenvalue weighted by molar-refractivity contribution is 0.0975. The second-order valence-corrected chi connectivity index (χ2v) is 6.89. The Morgan fingerprint density at radius 3 is 2.11 bits per heavy atom. The summed E-state index contributed by atoms with van der Waals surface area (Å²) < 4.78 is 17.2. The average molecular weight is 382 g/mol. The van der Waals surface area contributed by atoms with E-state index in [4.69, 9.17) is 13.9 Å². The van der Waals surface area contributed by atoms with Crippen LogP contribution in [0.2, 0.25) is 0 Å². The average Bonchev–Trinajstić information content (AvgIpc) is 2.73. The van der Waals surface area contributed by atoms with Crippen molar-refractivity contribution in [1.29, 1.82) is 0 Å². The molecule has 5 nitrogen and oxygen atoms in total. The molecule has 1 heterocycles. The molecule has 0 saturated carbocycles. The van der Waals surface area contributed by atoms with Gasteiger partial charge < -0.3 is 13.9 Å². The number of benzene rings is 1. The van der Waals surface area contributed by atoms with E-state index in [1.807, 2.05) is 45.0 Å². The zero-order valence-electron chi connectivity index (χ0n) is 17.0. The molecule has 0 saturated heterocycles. The van der Waals surface area contributed by atoms with E-state index in [0.29, 0.717) is 47.9 Å². The van der Waals surface area contributed by atoms with Crippen LogP contribution in [0.4, 0.5) is 0 Å². The second kappa shape index (κ2) is 7.66. The van der Waals surface area contributed by atoms with E-state index >= 15 is 0 Å². The van der Waals surface area contributed by atoms with Gasteiger partial charge in [0.2, 0.25) is 0 Å². The summed E-state index contributed by atoms with van der Waals surface area (Å²) in [7, 11) is 3.18. The number of hydrogen-bond donors (Lipinski definition) is 0. The highest BCUT2D eigenvalue weighted by Gasteiger charge is 2.47. The fraction of sp³-hybridized carbons (Fsp3) is 0.391. The van der Waals surface area contributed by atoms with Gasteiger partial charge in [-0.05, 0) is 43.5 Å². The summed E-state index contributed by atoms with van der Waals surface area (Å²) in [5, 5.41) is 0. The van der Waals surface area contributed by atoms with Crippen LogP contribution in [0.15, 0.2) is 50.9 Å². The van der Waals surface area contributed by atoms with E-state index in [1.54, 1.807) is 14.2 Å². The Labute approximate surface area is 165 Å². The van der Waals surface area contributed by atoms with Gasteiger partial charge in [0.1, 0.15) is 28.6 Å². The van der Waals surface area contributed by atoms with Crippen molar-refractivity contribution in [2.45, 2.75) is 45.4 Å². The van der Waals surface area contributed by atoms with Crippen LogP contribution in [-0.2, 0) is 10.2 Å². The number of ketones is 1. The van der Waals surface area contributed by atoms with Gasteiger partial charge in [-0.15, -0.1) is 0 Å². The first kappa shape index (κ1) is 19.9. The minimum atomic E-state index is -0.634. The van der Waals surface area contributed by atoms with Gasteiger partial charge >= 0.3 is 0 Å². The summed E-state index contributed by atoms with van der Waals surface area (Å²) in [5.41, 5.74) is 0.495. The predicted molar refractivity (Wildman–Crippen MR) is 108 cm³/mol. The first-order valence-corrected chi connectivity index (χ1v) is 9.62. The van der Waals surface area contributed by atoms with Crippen molar-refractivity contribution in [3.05, 3.63) is 63.2 Å². The summed E-state index contributed by atoms with van der Waals surface area (Å²) in [4.78, 5) is 26.1. The zero-order valence-corrected chi connectivity index (χ0v) is 17.0. The van der Waals surface area contributed by atoms with Crippen molar-refractivity contribution in [2.75, 3.05) is 14.2 Å². The monoisotopic (exact) mass is 382 g/mol.